The standard InChI is InChI=1S/C17H23N3/c1-12-4-6-15(9-12)20-17(11-18)14-5-7-16-13(10-14)3-2-8-19-16/h2-3,5,7-8,10,12,15,17,20H,4,6,9,11,18H2,1H3. The third-order valence-corrected chi connectivity index (χ3v) is 4.40. The molecule has 0 bridgehead atoms. The maximum atomic E-state index is 5.98. The van der Waals surface area contributed by atoms with Crippen molar-refractivity contribution in [2.75, 3.05) is 6.54 Å². The van der Waals surface area contributed by atoms with Gasteiger partial charge in [-0.2, -0.15) is 0 Å². The quantitative estimate of drug-likeness (QED) is 0.897. The number of fused-ring (bicyclic) bond motifs is 1. The van der Waals surface area contributed by atoms with E-state index in [1.54, 1.807) is 0 Å². The lowest BCUT2D eigenvalue weighted by Crippen LogP contribution is -2.35. The molecular formula is C17H23N3. The first-order valence-corrected chi connectivity index (χ1v) is 7.57. The summed E-state index contributed by atoms with van der Waals surface area (Å²) in [5, 5.41) is 4.92. The molecule has 20 heavy (non-hydrogen) atoms. The summed E-state index contributed by atoms with van der Waals surface area (Å²) in [5.41, 5.74) is 8.30. The average Bonchev–Trinajstić information content (AvgIpc) is 2.89. The Morgan fingerprint density at radius 2 is 2.25 bits per heavy atom. The Morgan fingerprint density at radius 1 is 1.35 bits per heavy atom. The van der Waals surface area contributed by atoms with Gasteiger partial charge in [0.05, 0.1) is 5.52 Å². The average molecular weight is 269 g/mol. The van der Waals surface area contributed by atoms with Gasteiger partial charge in [-0.3, -0.25) is 4.98 Å². The van der Waals surface area contributed by atoms with E-state index in [4.69, 9.17) is 5.73 Å². The fraction of sp³-hybridized carbons (Fsp3) is 0.471. The predicted octanol–water partition coefficient (Wildman–Crippen LogP) is 3.01. The molecule has 2 aromatic rings. The smallest absolute Gasteiger partial charge is 0.0702 e. The highest BCUT2D eigenvalue weighted by molar-refractivity contribution is 5.79. The van der Waals surface area contributed by atoms with E-state index in [0.717, 1.165) is 11.4 Å². The number of hydrogen-bond donors (Lipinski definition) is 2. The number of aromatic nitrogens is 1. The van der Waals surface area contributed by atoms with Crippen molar-refractivity contribution < 1.29 is 0 Å². The molecule has 106 valence electrons. The van der Waals surface area contributed by atoms with Crippen LogP contribution < -0.4 is 11.1 Å². The van der Waals surface area contributed by atoms with E-state index >= 15 is 0 Å². The summed E-state index contributed by atoms with van der Waals surface area (Å²) < 4.78 is 0. The largest absolute Gasteiger partial charge is 0.329 e. The zero-order chi connectivity index (χ0) is 13.9. The molecule has 0 spiro atoms. The molecule has 0 radical (unpaired) electrons. The van der Waals surface area contributed by atoms with E-state index in [2.05, 4.69) is 41.5 Å². The fourth-order valence-corrected chi connectivity index (χ4v) is 3.25. The molecule has 3 nitrogen and oxygen atoms in total. The summed E-state index contributed by atoms with van der Waals surface area (Å²) in [4.78, 5) is 4.37. The normalized spacial score (nSPS) is 24.1. The minimum atomic E-state index is 0.245. The van der Waals surface area contributed by atoms with Crippen LogP contribution in [0.4, 0.5) is 0 Å². The fourth-order valence-electron chi connectivity index (χ4n) is 3.25. The number of nitrogens with one attached hydrogen (secondary N) is 1. The Bertz CT molecular complexity index is 581. The summed E-state index contributed by atoms with van der Waals surface area (Å²) in [5.74, 6) is 0.840. The first kappa shape index (κ1) is 13.5. The van der Waals surface area contributed by atoms with Crippen LogP contribution in [-0.4, -0.2) is 17.6 Å². The molecule has 3 heteroatoms. The maximum Gasteiger partial charge on any atom is 0.0702 e. The molecule has 0 amide bonds. The van der Waals surface area contributed by atoms with Crippen molar-refractivity contribution in [3.63, 3.8) is 0 Å². The van der Waals surface area contributed by atoms with Crippen molar-refractivity contribution in [1.29, 1.82) is 0 Å². The number of benzene rings is 1. The zero-order valence-corrected chi connectivity index (χ0v) is 12.0. The Kier molecular flexibility index (Phi) is 3.99. The molecule has 1 fully saturated rings. The van der Waals surface area contributed by atoms with Gasteiger partial charge in [-0.15, -0.1) is 0 Å². The van der Waals surface area contributed by atoms with Crippen molar-refractivity contribution in [3.05, 3.63) is 42.1 Å². The van der Waals surface area contributed by atoms with E-state index < -0.39 is 0 Å². The molecule has 3 N–H and O–H groups in total. The molecule has 3 rings (SSSR count). The van der Waals surface area contributed by atoms with Gasteiger partial charge in [0.2, 0.25) is 0 Å². The molecule has 0 aliphatic heterocycles. The monoisotopic (exact) mass is 269 g/mol. The van der Waals surface area contributed by atoms with Crippen LogP contribution in [0.3, 0.4) is 0 Å². The second-order valence-electron chi connectivity index (χ2n) is 6.03. The zero-order valence-electron chi connectivity index (χ0n) is 12.0. The van der Waals surface area contributed by atoms with Crippen LogP contribution in [0, 0.1) is 5.92 Å². The maximum absolute atomic E-state index is 5.98. The van der Waals surface area contributed by atoms with Crippen molar-refractivity contribution >= 4 is 10.9 Å². The molecule has 1 saturated carbocycles. The molecule has 1 aromatic heterocycles. The lowest BCUT2D eigenvalue weighted by Gasteiger charge is -2.22. The number of pyridine rings is 1. The lowest BCUT2D eigenvalue weighted by molar-refractivity contribution is 0.434. The van der Waals surface area contributed by atoms with E-state index in [0.29, 0.717) is 12.6 Å². The highest BCUT2D eigenvalue weighted by Gasteiger charge is 2.23. The molecule has 3 unspecified atom stereocenters. The molecule has 1 aliphatic rings. The van der Waals surface area contributed by atoms with Gasteiger partial charge in [-0.25, -0.2) is 0 Å². The van der Waals surface area contributed by atoms with Crippen LogP contribution in [0.1, 0.15) is 37.8 Å². The van der Waals surface area contributed by atoms with Crippen LogP contribution in [0.15, 0.2) is 36.5 Å². The van der Waals surface area contributed by atoms with E-state index in [1.165, 1.54) is 30.2 Å². The molecular weight excluding hydrogens is 246 g/mol. The second kappa shape index (κ2) is 5.90. The number of nitrogens with two attached hydrogens (primary N) is 1. The highest BCUT2D eigenvalue weighted by atomic mass is 15.0. The second-order valence-corrected chi connectivity index (χ2v) is 6.03. The van der Waals surface area contributed by atoms with Crippen LogP contribution in [0.2, 0.25) is 0 Å². The lowest BCUT2D eigenvalue weighted by atomic mass is 10.0. The van der Waals surface area contributed by atoms with Gasteiger partial charge in [0.15, 0.2) is 0 Å². The van der Waals surface area contributed by atoms with Crippen molar-refractivity contribution in [1.82, 2.24) is 10.3 Å². The predicted molar refractivity (Wildman–Crippen MR) is 83.5 cm³/mol. The molecule has 1 heterocycles. The number of nitrogens with zero attached hydrogens (tertiary/aromatic N) is 1. The SMILES string of the molecule is CC1CCC(NC(CN)c2ccc3ncccc3c2)C1. The minimum Gasteiger partial charge on any atom is -0.329 e. The van der Waals surface area contributed by atoms with Crippen molar-refractivity contribution in [2.24, 2.45) is 11.7 Å². The third-order valence-electron chi connectivity index (χ3n) is 4.40. The summed E-state index contributed by atoms with van der Waals surface area (Å²) in [6, 6.07) is 11.4. The van der Waals surface area contributed by atoms with Gasteiger partial charge < -0.3 is 11.1 Å². The van der Waals surface area contributed by atoms with Gasteiger partial charge in [0.25, 0.3) is 0 Å². The molecule has 1 aliphatic carbocycles. The Balaban J connectivity index is 1.79. The Labute approximate surface area is 120 Å². The Hall–Kier alpha value is -1.45. The third kappa shape index (κ3) is 2.84. The summed E-state index contributed by atoms with van der Waals surface area (Å²) in [7, 11) is 0. The minimum absolute atomic E-state index is 0.245. The van der Waals surface area contributed by atoms with E-state index in [1.807, 2.05) is 12.3 Å². The van der Waals surface area contributed by atoms with Gasteiger partial charge in [-0.05, 0) is 48.9 Å². The van der Waals surface area contributed by atoms with Gasteiger partial charge in [-0.1, -0.05) is 19.1 Å². The Morgan fingerprint density at radius 3 is 3.00 bits per heavy atom. The summed E-state index contributed by atoms with van der Waals surface area (Å²) in [6.45, 7) is 2.97. The van der Waals surface area contributed by atoms with E-state index in [-0.39, 0.29) is 6.04 Å². The van der Waals surface area contributed by atoms with Gasteiger partial charge >= 0.3 is 0 Å². The van der Waals surface area contributed by atoms with Crippen LogP contribution in [0.25, 0.3) is 10.9 Å². The van der Waals surface area contributed by atoms with Crippen LogP contribution >= 0.6 is 0 Å². The summed E-state index contributed by atoms with van der Waals surface area (Å²) in [6.07, 6.45) is 5.70. The van der Waals surface area contributed by atoms with Crippen molar-refractivity contribution in [2.45, 2.75) is 38.3 Å². The van der Waals surface area contributed by atoms with Crippen molar-refractivity contribution in [3.8, 4) is 0 Å². The molecule has 0 saturated heterocycles. The van der Waals surface area contributed by atoms with Gasteiger partial charge in [0, 0.05) is 30.2 Å². The summed E-state index contributed by atoms with van der Waals surface area (Å²) >= 11 is 0. The molecule has 3 atom stereocenters. The highest BCUT2D eigenvalue weighted by Crippen LogP contribution is 2.27. The number of rotatable bonds is 4. The molecule has 1 aromatic carbocycles. The van der Waals surface area contributed by atoms with Crippen LogP contribution in [0.5, 0.6) is 0 Å². The van der Waals surface area contributed by atoms with Gasteiger partial charge in [0.1, 0.15) is 0 Å². The topological polar surface area (TPSA) is 50.9 Å². The van der Waals surface area contributed by atoms with E-state index in [9.17, 15) is 0 Å². The first-order chi connectivity index (χ1) is 9.76. The van der Waals surface area contributed by atoms with Crippen LogP contribution in [-0.2, 0) is 0 Å². The first-order valence-electron chi connectivity index (χ1n) is 7.57. The number of hydrogen-bond acceptors (Lipinski definition) is 3.